The molecule has 0 aromatic carbocycles. The van der Waals surface area contributed by atoms with Crippen LogP contribution in [0.5, 0.6) is 0 Å². The molecule has 9 heteroatoms. The van der Waals surface area contributed by atoms with E-state index in [0.29, 0.717) is 44.5 Å². The molecule has 3 heterocycles. The second-order valence-electron chi connectivity index (χ2n) is 6.19. The number of hydrogen-bond donors (Lipinski definition) is 0. The van der Waals surface area contributed by atoms with Crippen LogP contribution in [0, 0.1) is 0 Å². The number of aromatic nitrogens is 3. The predicted molar refractivity (Wildman–Crippen MR) is 84.5 cm³/mol. The molecule has 2 aromatic rings. The number of nitrogens with zero attached hydrogens (tertiary/aromatic N) is 5. The van der Waals surface area contributed by atoms with Gasteiger partial charge in [0.25, 0.3) is 0 Å². The first kappa shape index (κ1) is 15.7. The average Bonchev–Trinajstić information content (AvgIpc) is 3.36. The third-order valence-electron chi connectivity index (χ3n) is 4.38. The van der Waals surface area contributed by atoms with Gasteiger partial charge in [0.05, 0.1) is 6.54 Å². The molecule has 1 saturated heterocycles. The van der Waals surface area contributed by atoms with Crippen molar-refractivity contribution in [2.75, 3.05) is 26.2 Å². The summed E-state index contributed by atoms with van der Waals surface area (Å²) in [5, 5.41) is 4.02. The molecule has 4 rings (SSSR count). The molecule has 0 unspecified atom stereocenters. The molecule has 0 spiro atoms. The van der Waals surface area contributed by atoms with Crippen molar-refractivity contribution in [2.45, 2.75) is 30.2 Å². The molecule has 24 heavy (non-hydrogen) atoms. The van der Waals surface area contributed by atoms with Crippen LogP contribution in [0.25, 0.3) is 0 Å². The Bertz CT molecular complexity index is 796. The van der Waals surface area contributed by atoms with Crippen molar-refractivity contribution in [3.8, 4) is 0 Å². The number of rotatable bonds is 5. The summed E-state index contributed by atoms with van der Waals surface area (Å²) in [6, 6.07) is 3.21. The largest absolute Gasteiger partial charge is 0.339 e. The van der Waals surface area contributed by atoms with E-state index in [4.69, 9.17) is 4.52 Å². The number of pyridine rings is 1. The minimum absolute atomic E-state index is 0.241. The van der Waals surface area contributed by atoms with Crippen molar-refractivity contribution < 1.29 is 12.9 Å². The quantitative estimate of drug-likeness (QED) is 0.790. The summed E-state index contributed by atoms with van der Waals surface area (Å²) in [7, 11) is -3.46. The third kappa shape index (κ3) is 3.19. The Morgan fingerprint density at radius 1 is 1.21 bits per heavy atom. The summed E-state index contributed by atoms with van der Waals surface area (Å²) in [6.07, 6.45) is 5.22. The summed E-state index contributed by atoms with van der Waals surface area (Å²) >= 11 is 0. The fraction of sp³-hybridized carbons (Fsp3) is 0.533. The van der Waals surface area contributed by atoms with Crippen LogP contribution in [0.15, 0.2) is 33.9 Å². The SMILES string of the molecule is O=S(=O)(c1cccnc1)N1CCN(Cc2noc(C3CC3)n2)CC1. The first-order valence-electron chi connectivity index (χ1n) is 8.08. The maximum absolute atomic E-state index is 12.6. The van der Waals surface area contributed by atoms with Gasteiger partial charge in [-0.2, -0.15) is 9.29 Å². The van der Waals surface area contributed by atoms with Crippen LogP contribution in [0.3, 0.4) is 0 Å². The summed E-state index contributed by atoms with van der Waals surface area (Å²) in [6.45, 7) is 2.78. The zero-order valence-corrected chi connectivity index (χ0v) is 14.0. The van der Waals surface area contributed by atoms with Crippen molar-refractivity contribution in [1.82, 2.24) is 24.3 Å². The summed E-state index contributed by atoms with van der Waals surface area (Å²) in [4.78, 5) is 10.7. The Morgan fingerprint density at radius 2 is 2.00 bits per heavy atom. The van der Waals surface area contributed by atoms with Crippen LogP contribution in [-0.4, -0.2) is 58.9 Å². The van der Waals surface area contributed by atoms with E-state index in [1.807, 2.05) is 0 Å². The first-order chi connectivity index (χ1) is 11.6. The third-order valence-corrected chi connectivity index (χ3v) is 6.26. The van der Waals surface area contributed by atoms with Crippen LogP contribution in [0.1, 0.15) is 30.5 Å². The molecule has 1 aliphatic heterocycles. The lowest BCUT2D eigenvalue weighted by Crippen LogP contribution is -2.48. The van der Waals surface area contributed by atoms with E-state index in [-0.39, 0.29) is 4.90 Å². The lowest BCUT2D eigenvalue weighted by molar-refractivity contribution is 0.176. The molecule has 0 amide bonds. The minimum atomic E-state index is -3.46. The standard InChI is InChI=1S/C15H19N5O3S/c21-24(22,13-2-1-5-16-10-13)20-8-6-19(7-9-20)11-14-17-15(23-18-14)12-3-4-12/h1-2,5,10,12H,3-4,6-9,11H2. The fourth-order valence-corrected chi connectivity index (χ4v) is 4.19. The molecule has 2 aliphatic rings. The van der Waals surface area contributed by atoms with Gasteiger partial charge in [-0.25, -0.2) is 8.42 Å². The molecule has 0 N–H and O–H groups in total. The molecule has 0 atom stereocenters. The van der Waals surface area contributed by atoms with Crippen molar-refractivity contribution in [3.05, 3.63) is 36.2 Å². The molecule has 0 radical (unpaired) electrons. The van der Waals surface area contributed by atoms with Crippen LogP contribution in [0.4, 0.5) is 0 Å². The van der Waals surface area contributed by atoms with E-state index in [0.717, 1.165) is 18.7 Å². The maximum atomic E-state index is 12.6. The molecule has 0 bridgehead atoms. The number of sulfonamides is 1. The van der Waals surface area contributed by atoms with Crippen molar-refractivity contribution in [2.24, 2.45) is 0 Å². The van der Waals surface area contributed by atoms with E-state index < -0.39 is 10.0 Å². The van der Waals surface area contributed by atoms with Gasteiger partial charge in [0.2, 0.25) is 15.9 Å². The molecule has 128 valence electrons. The van der Waals surface area contributed by atoms with Crippen LogP contribution in [0.2, 0.25) is 0 Å². The van der Waals surface area contributed by atoms with Gasteiger partial charge >= 0.3 is 0 Å². The van der Waals surface area contributed by atoms with Crippen LogP contribution < -0.4 is 0 Å². The van der Waals surface area contributed by atoms with Gasteiger partial charge in [-0.15, -0.1) is 0 Å². The molecule has 1 aliphatic carbocycles. The molecule has 8 nitrogen and oxygen atoms in total. The highest BCUT2D eigenvalue weighted by Crippen LogP contribution is 2.38. The topological polar surface area (TPSA) is 92.4 Å². The first-order valence-corrected chi connectivity index (χ1v) is 9.52. The van der Waals surface area contributed by atoms with E-state index in [1.165, 1.54) is 10.5 Å². The van der Waals surface area contributed by atoms with Gasteiger partial charge in [0, 0.05) is 44.5 Å². The highest BCUT2D eigenvalue weighted by molar-refractivity contribution is 7.89. The second-order valence-corrected chi connectivity index (χ2v) is 8.13. The molecule has 1 saturated carbocycles. The monoisotopic (exact) mass is 349 g/mol. The van der Waals surface area contributed by atoms with E-state index in [1.54, 1.807) is 18.3 Å². The van der Waals surface area contributed by atoms with Gasteiger partial charge in [0.15, 0.2) is 5.82 Å². The van der Waals surface area contributed by atoms with Gasteiger partial charge < -0.3 is 4.52 Å². The van der Waals surface area contributed by atoms with Crippen molar-refractivity contribution >= 4 is 10.0 Å². The Morgan fingerprint density at radius 3 is 2.67 bits per heavy atom. The Kier molecular flexibility index (Phi) is 4.07. The van der Waals surface area contributed by atoms with Crippen LogP contribution >= 0.6 is 0 Å². The number of hydrogen-bond acceptors (Lipinski definition) is 7. The molecular weight excluding hydrogens is 330 g/mol. The maximum Gasteiger partial charge on any atom is 0.244 e. The second kappa shape index (κ2) is 6.23. The van der Waals surface area contributed by atoms with Crippen LogP contribution in [-0.2, 0) is 16.6 Å². The van der Waals surface area contributed by atoms with Crippen molar-refractivity contribution in [1.29, 1.82) is 0 Å². The fourth-order valence-electron chi connectivity index (χ4n) is 2.80. The predicted octanol–water partition coefficient (Wildman–Crippen LogP) is 0.848. The van der Waals surface area contributed by atoms with Gasteiger partial charge in [-0.3, -0.25) is 9.88 Å². The van der Waals surface area contributed by atoms with E-state index in [2.05, 4.69) is 20.0 Å². The summed E-state index contributed by atoms with van der Waals surface area (Å²) < 4.78 is 31.9. The lowest BCUT2D eigenvalue weighted by atomic mass is 10.3. The Labute approximate surface area is 140 Å². The average molecular weight is 349 g/mol. The van der Waals surface area contributed by atoms with E-state index >= 15 is 0 Å². The van der Waals surface area contributed by atoms with E-state index in [9.17, 15) is 8.42 Å². The molecule has 2 fully saturated rings. The number of piperazine rings is 1. The Hall–Kier alpha value is -1.84. The molecule has 2 aromatic heterocycles. The highest BCUT2D eigenvalue weighted by atomic mass is 32.2. The normalized spacial score (nSPS) is 20.3. The van der Waals surface area contributed by atoms with Gasteiger partial charge in [-0.05, 0) is 25.0 Å². The molecular formula is C15H19N5O3S. The smallest absolute Gasteiger partial charge is 0.244 e. The summed E-state index contributed by atoms with van der Waals surface area (Å²) in [5.41, 5.74) is 0. The Balaban J connectivity index is 1.36. The van der Waals surface area contributed by atoms with Gasteiger partial charge in [-0.1, -0.05) is 5.16 Å². The zero-order chi connectivity index (χ0) is 16.6. The minimum Gasteiger partial charge on any atom is -0.339 e. The van der Waals surface area contributed by atoms with Crippen molar-refractivity contribution in [3.63, 3.8) is 0 Å². The highest BCUT2D eigenvalue weighted by Gasteiger charge is 2.31. The summed E-state index contributed by atoms with van der Waals surface area (Å²) in [5.74, 6) is 1.87. The lowest BCUT2D eigenvalue weighted by Gasteiger charge is -2.33. The van der Waals surface area contributed by atoms with Gasteiger partial charge in [0.1, 0.15) is 4.90 Å². The zero-order valence-electron chi connectivity index (χ0n) is 13.2.